The topological polar surface area (TPSA) is 96.9 Å². The molecule has 4 rings (SSSR count). The third-order valence-corrected chi connectivity index (χ3v) is 6.41. The fourth-order valence-corrected chi connectivity index (χ4v) is 5.30. The molecule has 0 bridgehead atoms. The van der Waals surface area contributed by atoms with Crippen molar-refractivity contribution in [3.05, 3.63) is 35.9 Å². The lowest BCUT2D eigenvalue weighted by Crippen LogP contribution is -2.43. The van der Waals surface area contributed by atoms with Crippen LogP contribution >= 0.6 is 0 Å². The Morgan fingerprint density at radius 3 is 2.85 bits per heavy atom. The van der Waals surface area contributed by atoms with Gasteiger partial charge in [-0.1, -0.05) is 30.3 Å². The van der Waals surface area contributed by atoms with E-state index < -0.39 is 11.7 Å². The summed E-state index contributed by atoms with van der Waals surface area (Å²) in [5.74, 6) is 0.866. The summed E-state index contributed by atoms with van der Waals surface area (Å²) in [6.07, 6.45) is 1.98. The zero-order valence-electron chi connectivity index (χ0n) is 15.2. The van der Waals surface area contributed by atoms with Gasteiger partial charge in [0, 0.05) is 12.0 Å². The Kier molecular flexibility index (Phi) is 4.95. The highest BCUT2D eigenvalue weighted by molar-refractivity contribution is 5.70. The first-order chi connectivity index (χ1) is 13.1. The zero-order chi connectivity index (χ0) is 18.9. The van der Waals surface area contributed by atoms with E-state index in [1.54, 1.807) is 0 Å². The second kappa shape index (κ2) is 7.38. The van der Waals surface area contributed by atoms with Gasteiger partial charge in [-0.25, -0.2) is 9.59 Å². The number of benzene rings is 1. The third-order valence-electron chi connectivity index (χ3n) is 6.41. The maximum atomic E-state index is 11.8. The van der Waals surface area contributed by atoms with Gasteiger partial charge in [-0.05, 0) is 43.1 Å². The van der Waals surface area contributed by atoms with Gasteiger partial charge in [0.25, 0.3) is 0 Å². The van der Waals surface area contributed by atoms with E-state index in [1.165, 1.54) is 0 Å². The van der Waals surface area contributed by atoms with Gasteiger partial charge in [0.15, 0.2) is 0 Å². The summed E-state index contributed by atoms with van der Waals surface area (Å²) in [5, 5.41) is 14.5. The lowest BCUT2D eigenvalue weighted by Gasteiger charge is -2.35. The third kappa shape index (κ3) is 3.74. The van der Waals surface area contributed by atoms with E-state index in [-0.39, 0.29) is 18.1 Å². The van der Waals surface area contributed by atoms with Gasteiger partial charge in [-0.2, -0.15) is 0 Å². The minimum atomic E-state index is -0.970. The van der Waals surface area contributed by atoms with E-state index in [9.17, 15) is 9.59 Å². The summed E-state index contributed by atoms with van der Waals surface area (Å²) in [4.78, 5) is 22.8. The number of fused-ring (bicyclic) bond motifs is 1. The normalized spacial score (nSPS) is 34.7. The van der Waals surface area contributed by atoms with Crippen molar-refractivity contribution >= 4 is 12.2 Å². The largest absolute Gasteiger partial charge is 0.465 e. The minimum absolute atomic E-state index is 0.0187. The van der Waals surface area contributed by atoms with Crippen molar-refractivity contribution < 1.29 is 24.2 Å². The maximum absolute atomic E-state index is 11.8. The van der Waals surface area contributed by atoms with Crippen LogP contribution in [0.2, 0.25) is 0 Å². The molecule has 3 fully saturated rings. The summed E-state index contributed by atoms with van der Waals surface area (Å²) >= 11 is 0. The molecule has 5 atom stereocenters. The molecule has 2 aliphatic carbocycles. The number of rotatable bonds is 5. The molecule has 0 radical (unpaired) electrons. The van der Waals surface area contributed by atoms with Gasteiger partial charge >= 0.3 is 12.2 Å². The van der Waals surface area contributed by atoms with Crippen molar-refractivity contribution in [2.75, 3.05) is 13.2 Å². The number of alkyl carbamates (subject to hydrolysis) is 1. The number of carbonyl (C=O) groups is 2. The molecule has 3 N–H and O–H groups in total. The van der Waals surface area contributed by atoms with Crippen LogP contribution in [0, 0.1) is 17.8 Å². The number of ether oxygens (including phenoxy) is 2. The molecule has 27 heavy (non-hydrogen) atoms. The fourth-order valence-electron chi connectivity index (χ4n) is 5.30. The molecule has 2 saturated carbocycles. The standard InChI is InChI=1S/C20H26N2O5/c23-18(24)22-15-6-7-16-14(8-15)9-20(12-21-19(25)27-20)17(16)11-26-10-13-4-2-1-3-5-13/h1-5,14-17,22H,6-12H2,(H,21,25)(H,23,24)/t14-,15?,16+,17-,20?/m0/s1. The lowest BCUT2D eigenvalue weighted by molar-refractivity contribution is -0.0333. The summed E-state index contributed by atoms with van der Waals surface area (Å²) in [6, 6.07) is 10.0. The summed E-state index contributed by atoms with van der Waals surface area (Å²) in [5.41, 5.74) is 0.596. The highest BCUT2D eigenvalue weighted by atomic mass is 16.6. The van der Waals surface area contributed by atoms with Gasteiger partial charge in [0.1, 0.15) is 5.60 Å². The molecule has 7 heteroatoms. The van der Waals surface area contributed by atoms with Crippen LogP contribution in [0.25, 0.3) is 0 Å². The van der Waals surface area contributed by atoms with Crippen LogP contribution in [-0.2, 0) is 16.1 Å². The van der Waals surface area contributed by atoms with Gasteiger partial charge < -0.3 is 25.2 Å². The van der Waals surface area contributed by atoms with E-state index in [2.05, 4.69) is 10.6 Å². The summed E-state index contributed by atoms with van der Waals surface area (Å²) in [6.45, 7) is 1.59. The van der Waals surface area contributed by atoms with Gasteiger partial charge in [-0.3, -0.25) is 0 Å². The second-order valence-electron chi connectivity index (χ2n) is 8.00. The number of carbonyl (C=O) groups excluding carboxylic acids is 1. The smallest absolute Gasteiger partial charge is 0.407 e. The van der Waals surface area contributed by atoms with Crippen LogP contribution in [0.4, 0.5) is 9.59 Å². The van der Waals surface area contributed by atoms with E-state index in [1.807, 2.05) is 30.3 Å². The molecule has 1 aromatic rings. The maximum Gasteiger partial charge on any atom is 0.407 e. The number of hydrogen-bond donors (Lipinski definition) is 3. The second-order valence-corrected chi connectivity index (χ2v) is 8.00. The van der Waals surface area contributed by atoms with Crippen molar-refractivity contribution in [2.45, 2.75) is 43.9 Å². The van der Waals surface area contributed by atoms with E-state index in [4.69, 9.17) is 14.6 Å². The highest BCUT2D eigenvalue weighted by Crippen LogP contribution is 2.53. The van der Waals surface area contributed by atoms with Crippen molar-refractivity contribution in [3.63, 3.8) is 0 Å². The van der Waals surface area contributed by atoms with Crippen molar-refractivity contribution in [1.29, 1.82) is 0 Å². The molecule has 1 aromatic carbocycles. The van der Waals surface area contributed by atoms with Crippen molar-refractivity contribution in [1.82, 2.24) is 10.6 Å². The summed E-state index contributed by atoms with van der Waals surface area (Å²) < 4.78 is 11.8. The number of nitrogens with one attached hydrogen (secondary N) is 2. The Bertz CT molecular complexity index is 697. The molecule has 146 valence electrons. The molecule has 1 spiro atoms. The van der Waals surface area contributed by atoms with Crippen LogP contribution < -0.4 is 10.6 Å². The first kappa shape index (κ1) is 18.1. The zero-order valence-corrected chi connectivity index (χ0v) is 15.2. The van der Waals surface area contributed by atoms with Crippen LogP contribution in [0.5, 0.6) is 0 Å². The van der Waals surface area contributed by atoms with Crippen LogP contribution in [0.15, 0.2) is 30.3 Å². The quantitative estimate of drug-likeness (QED) is 0.736. The molecule has 1 aliphatic heterocycles. The van der Waals surface area contributed by atoms with E-state index in [0.717, 1.165) is 31.2 Å². The Balaban J connectivity index is 1.44. The molecule has 1 heterocycles. The Labute approximate surface area is 158 Å². The van der Waals surface area contributed by atoms with Crippen LogP contribution in [0.1, 0.15) is 31.2 Å². The number of amides is 2. The predicted octanol–water partition coefficient (Wildman–Crippen LogP) is 2.75. The average Bonchev–Trinajstić information content (AvgIpc) is 3.15. The monoisotopic (exact) mass is 374 g/mol. The minimum Gasteiger partial charge on any atom is -0.465 e. The molecular formula is C20H26N2O5. The van der Waals surface area contributed by atoms with Gasteiger partial charge in [0.2, 0.25) is 0 Å². The van der Waals surface area contributed by atoms with E-state index in [0.29, 0.717) is 31.6 Å². The average molecular weight is 374 g/mol. The van der Waals surface area contributed by atoms with Gasteiger partial charge in [0.05, 0.1) is 19.8 Å². The molecule has 2 unspecified atom stereocenters. The highest BCUT2D eigenvalue weighted by Gasteiger charge is 2.59. The Morgan fingerprint density at radius 2 is 2.15 bits per heavy atom. The van der Waals surface area contributed by atoms with E-state index >= 15 is 0 Å². The molecular weight excluding hydrogens is 348 g/mol. The SMILES string of the molecule is O=C(O)NC1CC[C@@H]2[C@@H](C1)CC1(CNC(=O)O1)[C@H]2COCc1ccccc1. The molecule has 2 amide bonds. The van der Waals surface area contributed by atoms with Crippen LogP contribution in [0.3, 0.4) is 0 Å². The molecule has 3 aliphatic rings. The van der Waals surface area contributed by atoms with Crippen molar-refractivity contribution in [3.8, 4) is 0 Å². The summed E-state index contributed by atoms with van der Waals surface area (Å²) in [7, 11) is 0. The first-order valence-electron chi connectivity index (χ1n) is 9.64. The number of hydrogen-bond acceptors (Lipinski definition) is 4. The molecule has 7 nitrogen and oxygen atoms in total. The Morgan fingerprint density at radius 1 is 1.33 bits per heavy atom. The fraction of sp³-hybridized carbons (Fsp3) is 0.600. The lowest BCUT2D eigenvalue weighted by atomic mass is 9.75. The molecule has 0 aromatic heterocycles. The Hall–Kier alpha value is -2.28. The van der Waals surface area contributed by atoms with Gasteiger partial charge in [-0.15, -0.1) is 0 Å². The first-order valence-corrected chi connectivity index (χ1v) is 9.64. The predicted molar refractivity (Wildman–Crippen MR) is 97.2 cm³/mol. The van der Waals surface area contributed by atoms with Crippen molar-refractivity contribution in [2.24, 2.45) is 17.8 Å². The number of carboxylic acid groups (broad SMARTS) is 1. The van der Waals surface area contributed by atoms with Crippen LogP contribution in [-0.4, -0.2) is 42.1 Å². The molecule has 1 saturated heterocycles.